The molecule has 2 heterocycles. The Hall–Kier alpha value is -4.18. The van der Waals surface area contributed by atoms with Gasteiger partial charge in [-0.1, -0.05) is 29.8 Å². The summed E-state index contributed by atoms with van der Waals surface area (Å²) in [6.45, 7) is 1.97. The molecule has 2 aliphatic rings. The predicted octanol–water partition coefficient (Wildman–Crippen LogP) is 2.91. The van der Waals surface area contributed by atoms with Crippen LogP contribution in [0.1, 0.15) is 24.0 Å². The zero-order valence-corrected chi connectivity index (χ0v) is 20.1. The highest BCUT2D eigenvalue weighted by molar-refractivity contribution is 6.31. The van der Waals surface area contributed by atoms with E-state index in [1.807, 2.05) is 13.0 Å². The first-order valence-corrected chi connectivity index (χ1v) is 11.6. The summed E-state index contributed by atoms with van der Waals surface area (Å²) in [6, 6.07) is 11.2. The predicted molar refractivity (Wildman–Crippen MR) is 131 cm³/mol. The number of benzene rings is 2. The van der Waals surface area contributed by atoms with E-state index in [1.165, 1.54) is 0 Å². The largest absolute Gasteiger partial charge is 0.449 e. The van der Waals surface area contributed by atoms with Crippen molar-refractivity contribution in [3.63, 3.8) is 0 Å². The third-order valence-corrected chi connectivity index (χ3v) is 6.13. The minimum absolute atomic E-state index is 0.0224. The SMILES string of the molecule is Cc1ccc(NC(=O)OCCc2cccc(NC3=CC(=O)N(C4CCC(=O)NC4=O)C3=O)c2)cc1Cl. The number of piperidine rings is 1. The van der Waals surface area contributed by atoms with E-state index in [9.17, 15) is 24.0 Å². The second kappa shape index (κ2) is 10.6. The lowest BCUT2D eigenvalue weighted by molar-refractivity contribution is -0.149. The molecule has 10 nitrogen and oxygen atoms in total. The number of nitrogens with zero attached hydrogens (tertiary/aromatic N) is 1. The number of halogens is 1. The molecule has 36 heavy (non-hydrogen) atoms. The Kier molecular flexibility index (Phi) is 7.35. The third-order valence-electron chi connectivity index (χ3n) is 5.72. The lowest BCUT2D eigenvalue weighted by Gasteiger charge is -2.28. The van der Waals surface area contributed by atoms with E-state index >= 15 is 0 Å². The maximum Gasteiger partial charge on any atom is 0.411 e. The topological polar surface area (TPSA) is 134 Å². The van der Waals surface area contributed by atoms with Crippen LogP contribution in [0.15, 0.2) is 54.2 Å². The standard InChI is InChI=1S/C25H23ClN4O6/c1-14-5-6-17(12-18(14)26)28-25(35)36-10-9-15-3-2-4-16(11-15)27-19-13-22(32)30(24(19)34)20-7-8-21(31)29-23(20)33/h2-6,11-13,20,27H,7-10H2,1H3,(H,28,35)(H,29,31,33). The molecule has 11 heteroatoms. The van der Waals surface area contributed by atoms with Crippen LogP contribution >= 0.6 is 11.6 Å². The van der Waals surface area contributed by atoms with Crippen LogP contribution in [0, 0.1) is 6.92 Å². The van der Waals surface area contributed by atoms with Crippen LogP contribution in [0.25, 0.3) is 0 Å². The highest BCUT2D eigenvalue weighted by Crippen LogP contribution is 2.23. The van der Waals surface area contributed by atoms with Crippen molar-refractivity contribution in [2.24, 2.45) is 0 Å². The van der Waals surface area contributed by atoms with Gasteiger partial charge in [-0.2, -0.15) is 0 Å². The van der Waals surface area contributed by atoms with Crippen LogP contribution in [0.4, 0.5) is 16.2 Å². The highest BCUT2D eigenvalue weighted by atomic mass is 35.5. The van der Waals surface area contributed by atoms with Crippen molar-refractivity contribution >= 4 is 52.7 Å². The van der Waals surface area contributed by atoms with E-state index in [-0.39, 0.29) is 25.1 Å². The van der Waals surface area contributed by atoms with Crippen molar-refractivity contribution in [2.45, 2.75) is 32.2 Å². The van der Waals surface area contributed by atoms with Crippen molar-refractivity contribution in [3.05, 3.63) is 70.4 Å². The molecule has 2 aliphatic heterocycles. The highest BCUT2D eigenvalue weighted by Gasteiger charge is 2.42. The Morgan fingerprint density at radius 3 is 2.69 bits per heavy atom. The Bertz CT molecular complexity index is 1290. The Balaban J connectivity index is 1.31. The van der Waals surface area contributed by atoms with Crippen molar-refractivity contribution in [1.29, 1.82) is 0 Å². The molecule has 1 atom stereocenters. The summed E-state index contributed by atoms with van der Waals surface area (Å²) in [5.74, 6) is -2.36. The van der Waals surface area contributed by atoms with E-state index < -0.39 is 35.8 Å². The van der Waals surface area contributed by atoms with Gasteiger partial charge in [-0.3, -0.25) is 34.7 Å². The normalized spacial score (nSPS) is 17.6. The van der Waals surface area contributed by atoms with Crippen molar-refractivity contribution in [1.82, 2.24) is 10.2 Å². The van der Waals surface area contributed by atoms with Gasteiger partial charge < -0.3 is 10.1 Å². The van der Waals surface area contributed by atoms with Crippen LogP contribution in [-0.4, -0.2) is 47.3 Å². The average molecular weight is 511 g/mol. The Morgan fingerprint density at radius 1 is 1.14 bits per heavy atom. The molecule has 0 saturated carbocycles. The number of imide groups is 2. The van der Waals surface area contributed by atoms with Crippen molar-refractivity contribution < 1.29 is 28.7 Å². The van der Waals surface area contributed by atoms with Gasteiger partial charge >= 0.3 is 6.09 Å². The third kappa shape index (κ3) is 5.72. The first kappa shape index (κ1) is 24.9. The number of hydrogen-bond donors (Lipinski definition) is 3. The molecule has 1 saturated heterocycles. The number of nitrogens with one attached hydrogen (secondary N) is 3. The first-order valence-electron chi connectivity index (χ1n) is 11.2. The van der Waals surface area contributed by atoms with Gasteiger partial charge in [-0.05, 0) is 48.7 Å². The molecule has 1 fully saturated rings. The Morgan fingerprint density at radius 2 is 1.94 bits per heavy atom. The zero-order valence-electron chi connectivity index (χ0n) is 19.3. The Labute approximate surface area is 211 Å². The molecule has 2 aromatic carbocycles. The minimum atomic E-state index is -1.02. The summed E-state index contributed by atoms with van der Waals surface area (Å²) >= 11 is 6.06. The van der Waals surface area contributed by atoms with E-state index in [0.29, 0.717) is 22.8 Å². The van der Waals surface area contributed by atoms with E-state index in [4.69, 9.17) is 16.3 Å². The molecule has 0 spiro atoms. The van der Waals surface area contributed by atoms with Gasteiger partial charge in [-0.25, -0.2) is 4.79 Å². The molecule has 0 bridgehead atoms. The first-order chi connectivity index (χ1) is 17.2. The van der Waals surface area contributed by atoms with E-state index in [0.717, 1.165) is 22.1 Å². The molecule has 2 aromatic rings. The van der Waals surface area contributed by atoms with Gasteiger partial charge in [-0.15, -0.1) is 0 Å². The summed E-state index contributed by atoms with van der Waals surface area (Å²) in [5.41, 5.74) is 2.81. The molecule has 4 rings (SSSR count). The van der Waals surface area contributed by atoms with Crippen molar-refractivity contribution in [2.75, 3.05) is 17.2 Å². The maximum atomic E-state index is 12.8. The van der Waals surface area contributed by atoms with Gasteiger partial charge in [0.2, 0.25) is 11.8 Å². The number of anilines is 2. The molecule has 0 aromatic heterocycles. The second-order valence-corrected chi connectivity index (χ2v) is 8.75. The number of hydrogen-bond acceptors (Lipinski definition) is 7. The van der Waals surface area contributed by atoms with Crippen LogP contribution in [-0.2, 0) is 30.3 Å². The molecule has 1 unspecified atom stereocenters. The molecular weight excluding hydrogens is 488 g/mol. The zero-order chi connectivity index (χ0) is 25.8. The summed E-state index contributed by atoms with van der Waals surface area (Å²) in [5, 5.41) is 8.22. The minimum Gasteiger partial charge on any atom is -0.449 e. The molecular formula is C25H23ClN4O6. The van der Waals surface area contributed by atoms with Crippen molar-refractivity contribution in [3.8, 4) is 0 Å². The summed E-state index contributed by atoms with van der Waals surface area (Å²) in [7, 11) is 0. The van der Waals surface area contributed by atoms with Gasteiger partial charge in [0.15, 0.2) is 0 Å². The number of rotatable bonds is 7. The molecule has 0 aliphatic carbocycles. The van der Waals surface area contributed by atoms with Crippen LogP contribution in [0.3, 0.4) is 0 Å². The molecule has 186 valence electrons. The lowest BCUT2D eigenvalue weighted by Crippen LogP contribution is -2.54. The van der Waals surface area contributed by atoms with Gasteiger partial charge in [0.25, 0.3) is 11.8 Å². The monoisotopic (exact) mass is 510 g/mol. The van der Waals surface area contributed by atoms with Gasteiger partial charge in [0, 0.05) is 35.3 Å². The maximum absolute atomic E-state index is 12.8. The number of carbonyl (C=O) groups is 5. The van der Waals surface area contributed by atoms with E-state index in [2.05, 4.69) is 16.0 Å². The molecule has 3 N–H and O–H groups in total. The summed E-state index contributed by atoms with van der Waals surface area (Å²) in [6.07, 6.45) is 1.06. The fourth-order valence-electron chi connectivity index (χ4n) is 3.84. The fourth-order valence-corrected chi connectivity index (χ4v) is 4.02. The van der Waals surface area contributed by atoms with E-state index in [1.54, 1.807) is 36.4 Å². The number of carbonyl (C=O) groups excluding carboxylic acids is 5. The quantitative estimate of drug-likeness (QED) is 0.487. The van der Waals surface area contributed by atoms with Crippen LogP contribution in [0.2, 0.25) is 5.02 Å². The molecule has 5 amide bonds. The number of aryl methyl sites for hydroxylation is 1. The van der Waals surface area contributed by atoms with Gasteiger partial charge in [0.05, 0.1) is 6.61 Å². The fraction of sp³-hybridized carbons (Fsp3) is 0.240. The number of ether oxygens (including phenoxy) is 1. The van der Waals surface area contributed by atoms with Gasteiger partial charge in [0.1, 0.15) is 11.7 Å². The molecule has 0 radical (unpaired) electrons. The lowest BCUT2D eigenvalue weighted by atomic mass is 10.0. The number of amides is 5. The smallest absolute Gasteiger partial charge is 0.411 e. The average Bonchev–Trinajstić information content (AvgIpc) is 3.09. The summed E-state index contributed by atoms with van der Waals surface area (Å²) in [4.78, 5) is 61.6. The van der Waals surface area contributed by atoms with Crippen LogP contribution < -0.4 is 16.0 Å². The van der Waals surface area contributed by atoms with Crippen LogP contribution in [0.5, 0.6) is 0 Å². The summed E-state index contributed by atoms with van der Waals surface area (Å²) < 4.78 is 5.23. The second-order valence-electron chi connectivity index (χ2n) is 8.34.